The Balaban J connectivity index is 1.04. The van der Waals surface area contributed by atoms with E-state index in [0.717, 1.165) is 38.5 Å². The van der Waals surface area contributed by atoms with Gasteiger partial charge in [0.05, 0.1) is 41.7 Å². The Morgan fingerprint density at radius 2 is 1.44 bits per heavy atom. The van der Waals surface area contributed by atoms with E-state index < -0.39 is 102 Å². The van der Waals surface area contributed by atoms with Crippen LogP contribution in [0.3, 0.4) is 0 Å². The minimum atomic E-state index is -1.69. The number of hydrogen-bond donors (Lipinski definition) is 8. The molecule has 15 nitrogen and oxygen atoms in total. The first-order valence-corrected chi connectivity index (χ1v) is 22.2. The summed E-state index contributed by atoms with van der Waals surface area (Å²) >= 11 is 0. The predicted octanol–water partition coefficient (Wildman–Crippen LogP) is 1.68. The number of aliphatic hydroxyl groups excluding tert-OH is 7. The highest BCUT2D eigenvalue weighted by atomic mass is 16.8. The van der Waals surface area contributed by atoms with E-state index >= 15 is 0 Å². The summed E-state index contributed by atoms with van der Waals surface area (Å²) in [6, 6.07) is 0. The minimum Gasteiger partial charge on any atom is -0.463 e. The zero-order valence-corrected chi connectivity index (χ0v) is 36.3. The molecule has 0 aromatic rings. The lowest BCUT2D eigenvalue weighted by atomic mass is 9.41. The van der Waals surface area contributed by atoms with Crippen molar-refractivity contribution in [3.05, 3.63) is 0 Å². The van der Waals surface area contributed by atoms with Crippen LogP contribution in [-0.2, 0) is 33.2 Å². The van der Waals surface area contributed by atoms with Crippen molar-refractivity contribution in [3.8, 4) is 0 Å². The van der Waals surface area contributed by atoms with Crippen LogP contribution in [0.15, 0.2) is 0 Å². The number of carbonyl (C=O) groups is 1. The van der Waals surface area contributed by atoms with E-state index in [0.29, 0.717) is 19.3 Å². The summed E-state index contributed by atoms with van der Waals surface area (Å²) in [5.74, 6) is -0.692. The Labute approximate surface area is 348 Å². The molecule has 8 aliphatic rings. The smallest absolute Gasteiger partial charge is 0.302 e. The Hall–Kier alpha value is -1.05. The second-order valence-electron chi connectivity index (χ2n) is 22.1. The maximum Gasteiger partial charge on any atom is 0.302 e. The minimum absolute atomic E-state index is 0.0198. The molecule has 8 rings (SSSR count). The third kappa shape index (κ3) is 6.48. The molecule has 3 aliphatic heterocycles. The summed E-state index contributed by atoms with van der Waals surface area (Å²) in [7, 11) is 0. The number of ether oxygens (including phenoxy) is 6. The molecule has 5 aliphatic carbocycles. The summed E-state index contributed by atoms with van der Waals surface area (Å²) in [4.78, 5) is 11.7. The van der Waals surface area contributed by atoms with Crippen LogP contribution >= 0.6 is 0 Å². The molecule has 8 N–H and O–H groups in total. The zero-order valence-electron chi connectivity index (χ0n) is 36.3. The molecule has 0 radical (unpaired) electrons. The lowest BCUT2D eigenvalue weighted by Crippen LogP contribution is -2.66. The highest BCUT2D eigenvalue weighted by Gasteiger charge is 2.85. The molecule has 0 unspecified atom stereocenters. The van der Waals surface area contributed by atoms with Crippen molar-refractivity contribution in [2.24, 2.45) is 44.8 Å². The van der Waals surface area contributed by atoms with Gasteiger partial charge >= 0.3 is 5.97 Å². The molecule has 2 spiro atoms. The summed E-state index contributed by atoms with van der Waals surface area (Å²) in [6.45, 7) is 17.0. The number of fused-ring (bicyclic) bond motifs is 2. The van der Waals surface area contributed by atoms with E-state index in [1.807, 2.05) is 0 Å². The van der Waals surface area contributed by atoms with Crippen LogP contribution in [0.1, 0.15) is 120 Å². The van der Waals surface area contributed by atoms with Crippen molar-refractivity contribution in [1.29, 1.82) is 0 Å². The van der Waals surface area contributed by atoms with Gasteiger partial charge in [-0.3, -0.25) is 4.79 Å². The van der Waals surface area contributed by atoms with Crippen LogP contribution in [0, 0.1) is 44.8 Å². The molecule has 8 fully saturated rings. The Morgan fingerprint density at radius 3 is 2.08 bits per heavy atom. The van der Waals surface area contributed by atoms with Gasteiger partial charge in [0.25, 0.3) is 0 Å². The molecule has 0 bridgehead atoms. The Morgan fingerprint density at radius 1 is 0.746 bits per heavy atom. The summed E-state index contributed by atoms with van der Waals surface area (Å²) in [6.07, 6.45) is -9.44. The lowest BCUT2D eigenvalue weighted by Gasteiger charge is -2.65. The highest BCUT2D eigenvalue weighted by Crippen LogP contribution is 2.89. The summed E-state index contributed by atoms with van der Waals surface area (Å²) < 4.78 is 36.7. The lowest BCUT2D eigenvalue weighted by molar-refractivity contribution is -0.376. The SMILES string of the molecule is CC(=O)OC[C@H]1O[C@@H](O[C@H]2CC[C@]34C[C@]35CC[C@]3(C)[C@@H]([C@@]6(C)CC[C@@H](C(C)(C)O)O6)[C@@H](O)C[C@@]3(C)[C@@H]5C[C@H](O)[C@H]4C2(C)C)[C@H](O[C@@H]2O[C@@H](C)[C@H](O)[C@@H](O)[C@H]2O)[C@@H](O)[C@@H]1O. The van der Waals surface area contributed by atoms with Gasteiger partial charge in [-0.15, -0.1) is 0 Å². The average Bonchev–Trinajstić information content (AvgIpc) is 3.49. The summed E-state index contributed by atoms with van der Waals surface area (Å²) in [5, 5.41) is 89.7. The normalized spacial score (nSPS) is 56.7. The van der Waals surface area contributed by atoms with Gasteiger partial charge in [0, 0.05) is 12.8 Å². The zero-order chi connectivity index (χ0) is 43.2. The number of carbonyl (C=O) groups excluding carboxylic acids is 1. The first-order valence-electron chi connectivity index (χ1n) is 22.2. The van der Waals surface area contributed by atoms with E-state index in [4.69, 9.17) is 28.4 Å². The van der Waals surface area contributed by atoms with Gasteiger partial charge in [-0.25, -0.2) is 0 Å². The monoisotopic (exact) mass is 840 g/mol. The van der Waals surface area contributed by atoms with Crippen molar-refractivity contribution < 1.29 is 74.1 Å². The average molecular weight is 841 g/mol. The van der Waals surface area contributed by atoms with E-state index in [1.54, 1.807) is 13.8 Å². The molecule has 3 heterocycles. The molecule has 22 atom stereocenters. The van der Waals surface area contributed by atoms with Gasteiger partial charge < -0.3 is 69.3 Å². The van der Waals surface area contributed by atoms with Gasteiger partial charge in [0.2, 0.25) is 0 Å². The fraction of sp³-hybridized carbons (Fsp3) is 0.977. The second-order valence-corrected chi connectivity index (χ2v) is 22.1. The standard InChI is InChI=1S/C44H72O15/c1-20-28(48)30(50)32(52)36(55-20)58-33-31(51)29(49)24(18-54-21(2)45)56-37(33)57-26-11-13-44-19-43(44)15-14-40(7)35(42(9)12-10-27(59-42)39(5,6)53)23(47)17-41(40,8)25(43)16-22(46)34(44)38(26,3)4/h20,22-37,46-53H,10-19H2,1-9H3/t20-,22-,23-,24+,25-,26-,27-,28-,29+,30+,31-,32+,33+,34-,35-,36-,37-,40+,41-,42+,43-,44+/m0/s1. The third-order valence-electron chi connectivity index (χ3n) is 18.2. The molecular formula is C44H72O15. The van der Waals surface area contributed by atoms with Gasteiger partial charge in [-0.05, 0) is 124 Å². The number of aliphatic hydroxyl groups is 8. The molecule has 0 aromatic heterocycles. The van der Waals surface area contributed by atoms with E-state index in [-0.39, 0.29) is 52.1 Å². The Kier molecular flexibility index (Phi) is 10.9. The molecule has 338 valence electrons. The van der Waals surface area contributed by atoms with E-state index in [1.165, 1.54) is 13.8 Å². The molecule has 0 aromatic carbocycles. The van der Waals surface area contributed by atoms with Crippen LogP contribution < -0.4 is 0 Å². The van der Waals surface area contributed by atoms with E-state index in [2.05, 4.69) is 34.6 Å². The number of esters is 1. The Bertz CT molecular complexity index is 1610. The van der Waals surface area contributed by atoms with Crippen molar-refractivity contribution >= 4 is 5.97 Å². The van der Waals surface area contributed by atoms with Crippen LogP contribution in [0.2, 0.25) is 0 Å². The maximum absolute atomic E-state index is 12.5. The van der Waals surface area contributed by atoms with Crippen LogP contribution in [0.25, 0.3) is 0 Å². The van der Waals surface area contributed by atoms with Crippen LogP contribution in [0.4, 0.5) is 0 Å². The van der Waals surface area contributed by atoms with Gasteiger partial charge in [0.1, 0.15) is 49.3 Å². The van der Waals surface area contributed by atoms with Gasteiger partial charge in [-0.1, -0.05) is 27.7 Å². The fourth-order valence-electron chi connectivity index (χ4n) is 15.3. The summed E-state index contributed by atoms with van der Waals surface area (Å²) in [5.41, 5.74) is -2.88. The molecule has 3 saturated heterocycles. The molecule has 59 heavy (non-hydrogen) atoms. The van der Waals surface area contributed by atoms with Crippen LogP contribution in [-0.4, -0.2) is 150 Å². The fourth-order valence-corrected chi connectivity index (χ4v) is 15.3. The highest BCUT2D eigenvalue weighted by molar-refractivity contribution is 5.65. The molecular weight excluding hydrogens is 768 g/mol. The van der Waals surface area contributed by atoms with E-state index in [9.17, 15) is 45.6 Å². The first-order chi connectivity index (χ1) is 27.3. The van der Waals surface area contributed by atoms with Crippen LogP contribution in [0.5, 0.6) is 0 Å². The molecule has 0 amide bonds. The van der Waals surface area contributed by atoms with Crippen molar-refractivity contribution in [3.63, 3.8) is 0 Å². The second kappa shape index (κ2) is 14.5. The van der Waals surface area contributed by atoms with Crippen molar-refractivity contribution in [2.45, 2.75) is 217 Å². The molecule has 15 heteroatoms. The quantitative estimate of drug-likeness (QED) is 0.128. The number of rotatable bonds is 8. The maximum atomic E-state index is 12.5. The number of hydrogen-bond acceptors (Lipinski definition) is 15. The molecule has 5 saturated carbocycles. The van der Waals surface area contributed by atoms with Crippen molar-refractivity contribution in [2.75, 3.05) is 6.61 Å². The van der Waals surface area contributed by atoms with Gasteiger partial charge in [0.15, 0.2) is 12.6 Å². The largest absolute Gasteiger partial charge is 0.463 e. The van der Waals surface area contributed by atoms with Crippen molar-refractivity contribution in [1.82, 2.24) is 0 Å². The first kappa shape index (κ1) is 44.6. The predicted molar refractivity (Wildman–Crippen MR) is 208 cm³/mol. The topological polar surface area (TPSA) is 234 Å². The van der Waals surface area contributed by atoms with Gasteiger partial charge in [-0.2, -0.15) is 0 Å². The third-order valence-corrected chi connectivity index (χ3v) is 18.2.